The van der Waals surface area contributed by atoms with Gasteiger partial charge in [0.2, 0.25) is 0 Å². The zero-order valence-electron chi connectivity index (χ0n) is 10.0. The van der Waals surface area contributed by atoms with E-state index < -0.39 is 0 Å². The zero-order valence-corrected chi connectivity index (χ0v) is 11.6. The number of rotatable bonds is 5. The van der Waals surface area contributed by atoms with Gasteiger partial charge in [-0.2, -0.15) is 0 Å². The highest BCUT2D eigenvalue weighted by Crippen LogP contribution is 2.41. The standard InChI is InChI=1S/C14H20BrN/c1-3-16-14(13-8-10(13)2)9-11-4-6-12(15)7-5-11/h4-7,10,13-14,16H,3,8-9H2,1-2H3. The second-order valence-electron chi connectivity index (χ2n) is 4.87. The van der Waals surface area contributed by atoms with Crippen molar-refractivity contribution in [1.82, 2.24) is 5.32 Å². The summed E-state index contributed by atoms with van der Waals surface area (Å²) in [5.74, 6) is 1.81. The maximum Gasteiger partial charge on any atom is 0.0175 e. The van der Waals surface area contributed by atoms with Crippen LogP contribution >= 0.6 is 15.9 Å². The fourth-order valence-electron chi connectivity index (χ4n) is 2.42. The first-order chi connectivity index (χ1) is 7.70. The third-order valence-corrected chi connectivity index (χ3v) is 4.05. The summed E-state index contributed by atoms with van der Waals surface area (Å²) in [7, 11) is 0. The molecular formula is C14H20BrN. The Kier molecular flexibility index (Phi) is 4.04. The summed E-state index contributed by atoms with van der Waals surface area (Å²) in [6.45, 7) is 5.63. The van der Waals surface area contributed by atoms with Gasteiger partial charge >= 0.3 is 0 Å². The molecule has 0 radical (unpaired) electrons. The Hall–Kier alpha value is -0.340. The van der Waals surface area contributed by atoms with E-state index in [0.29, 0.717) is 6.04 Å². The molecule has 2 heteroatoms. The molecule has 1 N–H and O–H groups in total. The molecule has 1 nitrogen and oxygen atoms in total. The van der Waals surface area contributed by atoms with E-state index in [2.05, 4.69) is 59.4 Å². The summed E-state index contributed by atoms with van der Waals surface area (Å²) in [5.41, 5.74) is 1.44. The minimum atomic E-state index is 0.668. The van der Waals surface area contributed by atoms with Gasteiger partial charge in [0.1, 0.15) is 0 Å². The van der Waals surface area contributed by atoms with Gasteiger partial charge in [0.25, 0.3) is 0 Å². The van der Waals surface area contributed by atoms with Gasteiger partial charge in [-0.3, -0.25) is 0 Å². The SMILES string of the molecule is CCNC(Cc1ccc(Br)cc1)C1CC1C. The minimum Gasteiger partial charge on any atom is -0.314 e. The van der Waals surface area contributed by atoms with Gasteiger partial charge < -0.3 is 5.32 Å². The van der Waals surface area contributed by atoms with E-state index in [0.717, 1.165) is 29.3 Å². The topological polar surface area (TPSA) is 12.0 Å². The van der Waals surface area contributed by atoms with Gasteiger partial charge in [-0.25, -0.2) is 0 Å². The molecule has 0 saturated heterocycles. The average molecular weight is 282 g/mol. The Bertz CT molecular complexity index is 333. The Labute approximate surface area is 107 Å². The first kappa shape index (κ1) is 12.1. The molecule has 1 saturated carbocycles. The van der Waals surface area contributed by atoms with Crippen LogP contribution in [-0.4, -0.2) is 12.6 Å². The monoisotopic (exact) mass is 281 g/mol. The molecule has 0 aromatic heterocycles. The molecule has 3 unspecified atom stereocenters. The van der Waals surface area contributed by atoms with Crippen molar-refractivity contribution >= 4 is 15.9 Å². The van der Waals surface area contributed by atoms with E-state index in [4.69, 9.17) is 0 Å². The largest absolute Gasteiger partial charge is 0.314 e. The fraction of sp³-hybridized carbons (Fsp3) is 0.571. The summed E-state index contributed by atoms with van der Waals surface area (Å²) in [5, 5.41) is 3.63. The van der Waals surface area contributed by atoms with Crippen molar-refractivity contribution in [3.8, 4) is 0 Å². The molecule has 2 rings (SSSR count). The van der Waals surface area contributed by atoms with Crippen LogP contribution in [-0.2, 0) is 6.42 Å². The molecule has 0 spiro atoms. The van der Waals surface area contributed by atoms with Crippen molar-refractivity contribution in [2.45, 2.75) is 32.7 Å². The van der Waals surface area contributed by atoms with Crippen LogP contribution in [0.25, 0.3) is 0 Å². The third kappa shape index (κ3) is 3.08. The average Bonchev–Trinajstić information content (AvgIpc) is 2.98. The summed E-state index contributed by atoms with van der Waals surface area (Å²) in [6.07, 6.45) is 2.56. The van der Waals surface area contributed by atoms with E-state index in [1.165, 1.54) is 12.0 Å². The molecule has 0 aliphatic heterocycles. The summed E-state index contributed by atoms with van der Waals surface area (Å²) in [6, 6.07) is 9.38. The molecule has 88 valence electrons. The van der Waals surface area contributed by atoms with E-state index in [1.54, 1.807) is 0 Å². The molecule has 3 atom stereocenters. The van der Waals surface area contributed by atoms with Crippen LogP contribution < -0.4 is 5.32 Å². The van der Waals surface area contributed by atoms with Crippen molar-refractivity contribution in [2.75, 3.05) is 6.54 Å². The van der Waals surface area contributed by atoms with Gasteiger partial charge in [-0.1, -0.05) is 41.9 Å². The maximum absolute atomic E-state index is 3.63. The van der Waals surface area contributed by atoms with Crippen molar-refractivity contribution in [3.05, 3.63) is 34.3 Å². The lowest BCUT2D eigenvalue weighted by atomic mass is 10.0. The number of nitrogens with one attached hydrogen (secondary N) is 1. The molecule has 0 bridgehead atoms. The van der Waals surface area contributed by atoms with Gasteiger partial charge in [-0.05, 0) is 48.9 Å². The Morgan fingerprint density at radius 2 is 2.00 bits per heavy atom. The van der Waals surface area contributed by atoms with Crippen LogP contribution in [0.4, 0.5) is 0 Å². The van der Waals surface area contributed by atoms with Crippen LogP contribution in [0, 0.1) is 11.8 Å². The lowest BCUT2D eigenvalue weighted by Crippen LogP contribution is -2.33. The number of benzene rings is 1. The number of hydrogen-bond acceptors (Lipinski definition) is 1. The summed E-state index contributed by atoms with van der Waals surface area (Å²) >= 11 is 3.48. The highest BCUT2D eigenvalue weighted by molar-refractivity contribution is 9.10. The maximum atomic E-state index is 3.63. The number of hydrogen-bond donors (Lipinski definition) is 1. The van der Waals surface area contributed by atoms with Crippen LogP contribution in [0.15, 0.2) is 28.7 Å². The van der Waals surface area contributed by atoms with Crippen LogP contribution in [0.3, 0.4) is 0 Å². The minimum absolute atomic E-state index is 0.668. The number of halogens is 1. The van der Waals surface area contributed by atoms with E-state index >= 15 is 0 Å². The van der Waals surface area contributed by atoms with Gasteiger partial charge in [0.15, 0.2) is 0 Å². The molecule has 1 fully saturated rings. The fourth-order valence-corrected chi connectivity index (χ4v) is 2.69. The van der Waals surface area contributed by atoms with Crippen LogP contribution in [0.5, 0.6) is 0 Å². The molecule has 16 heavy (non-hydrogen) atoms. The summed E-state index contributed by atoms with van der Waals surface area (Å²) < 4.78 is 1.16. The third-order valence-electron chi connectivity index (χ3n) is 3.52. The quantitative estimate of drug-likeness (QED) is 0.869. The van der Waals surface area contributed by atoms with E-state index in [9.17, 15) is 0 Å². The highest BCUT2D eigenvalue weighted by Gasteiger charge is 2.38. The molecule has 1 aromatic carbocycles. The molecule has 1 aliphatic rings. The van der Waals surface area contributed by atoms with Crippen molar-refractivity contribution in [2.24, 2.45) is 11.8 Å². The normalized spacial score (nSPS) is 25.4. The van der Waals surface area contributed by atoms with Crippen molar-refractivity contribution < 1.29 is 0 Å². The molecule has 1 aromatic rings. The highest BCUT2D eigenvalue weighted by atomic mass is 79.9. The molecule has 0 heterocycles. The smallest absolute Gasteiger partial charge is 0.0175 e. The zero-order chi connectivity index (χ0) is 11.5. The molecule has 0 amide bonds. The Balaban J connectivity index is 1.97. The molecular weight excluding hydrogens is 262 g/mol. The van der Waals surface area contributed by atoms with Gasteiger partial charge in [0, 0.05) is 10.5 Å². The second kappa shape index (κ2) is 5.33. The first-order valence-electron chi connectivity index (χ1n) is 6.18. The predicted molar refractivity (Wildman–Crippen MR) is 72.6 cm³/mol. The van der Waals surface area contributed by atoms with Crippen molar-refractivity contribution in [1.29, 1.82) is 0 Å². The Morgan fingerprint density at radius 3 is 2.50 bits per heavy atom. The number of likely N-dealkylation sites (N-methyl/N-ethyl adjacent to an activating group) is 1. The van der Waals surface area contributed by atoms with Crippen molar-refractivity contribution in [3.63, 3.8) is 0 Å². The van der Waals surface area contributed by atoms with Crippen LogP contribution in [0.2, 0.25) is 0 Å². The first-order valence-corrected chi connectivity index (χ1v) is 6.97. The lowest BCUT2D eigenvalue weighted by Gasteiger charge is -2.17. The van der Waals surface area contributed by atoms with Crippen LogP contribution in [0.1, 0.15) is 25.8 Å². The van der Waals surface area contributed by atoms with E-state index in [1.807, 2.05) is 0 Å². The predicted octanol–water partition coefficient (Wildman–Crippen LogP) is 3.63. The van der Waals surface area contributed by atoms with Gasteiger partial charge in [0.05, 0.1) is 0 Å². The second-order valence-corrected chi connectivity index (χ2v) is 5.79. The molecule has 1 aliphatic carbocycles. The Morgan fingerprint density at radius 1 is 1.38 bits per heavy atom. The van der Waals surface area contributed by atoms with Gasteiger partial charge in [-0.15, -0.1) is 0 Å². The lowest BCUT2D eigenvalue weighted by molar-refractivity contribution is 0.454. The van der Waals surface area contributed by atoms with E-state index in [-0.39, 0.29) is 0 Å². The summed E-state index contributed by atoms with van der Waals surface area (Å²) in [4.78, 5) is 0.